The average molecular weight is 294 g/mol. The first-order valence-electron chi connectivity index (χ1n) is 4.94. The van der Waals surface area contributed by atoms with Crippen LogP contribution in [0.5, 0.6) is 0 Å². The van der Waals surface area contributed by atoms with Crippen molar-refractivity contribution in [2.75, 3.05) is 6.54 Å². The van der Waals surface area contributed by atoms with Gasteiger partial charge in [-0.1, -0.05) is 30.4 Å². The second-order valence-corrected chi connectivity index (χ2v) is 5.81. The van der Waals surface area contributed by atoms with Gasteiger partial charge in [0.15, 0.2) is 0 Å². The van der Waals surface area contributed by atoms with E-state index in [0.29, 0.717) is 11.1 Å². The normalized spacial score (nSPS) is 11.7. The van der Waals surface area contributed by atoms with E-state index in [4.69, 9.17) is 18.0 Å². The predicted molar refractivity (Wildman–Crippen MR) is 69.0 cm³/mol. The predicted octanol–water partition coefficient (Wildman–Crippen LogP) is 1.01. The molecule has 0 saturated carbocycles. The molecule has 100 valence electrons. The number of nitrogens with two attached hydrogens (primary N) is 1. The Morgan fingerprint density at radius 1 is 1.44 bits per heavy atom. The van der Waals surface area contributed by atoms with Crippen LogP contribution in [0.25, 0.3) is 0 Å². The fourth-order valence-corrected chi connectivity index (χ4v) is 2.50. The lowest BCUT2D eigenvalue weighted by Gasteiger charge is -2.07. The van der Waals surface area contributed by atoms with Crippen molar-refractivity contribution >= 4 is 27.2 Å². The third-order valence-electron chi connectivity index (χ3n) is 2.03. The highest BCUT2D eigenvalue weighted by Crippen LogP contribution is 2.09. The van der Waals surface area contributed by atoms with Crippen molar-refractivity contribution in [3.8, 4) is 0 Å². The Hall–Kier alpha value is -1.12. The van der Waals surface area contributed by atoms with Crippen LogP contribution in [-0.2, 0) is 15.8 Å². The number of nitrogens with one attached hydrogen (secondary N) is 1. The molecule has 0 amide bonds. The molecule has 0 atom stereocenters. The van der Waals surface area contributed by atoms with Gasteiger partial charge in [-0.2, -0.15) is 0 Å². The Balaban J connectivity index is 2.78. The number of halogens is 2. The van der Waals surface area contributed by atoms with Gasteiger partial charge in [0.1, 0.15) is 4.99 Å². The third-order valence-corrected chi connectivity index (χ3v) is 3.58. The van der Waals surface area contributed by atoms with Gasteiger partial charge in [-0.05, 0) is 11.6 Å². The van der Waals surface area contributed by atoms with Crippen LogP contribution in [0.3, 0.4) is 0 Å². The van der Waals surface area contributed by atoms with E-state index >= 15 is 0 Å². The minimum Gasteiger partial charge on any atom is -0.389 e. The maximum Gasteiger partial charge on any atom is 0.251 e. The Bertz CT molecular complexity index is 532. The summed E-state index contributed by atoms with van der Waals surface area (Å²) < 4.78 is 48.6. The highest BCUT2D eigenvalue weighted by atomic mass is 32.2. The van der Waals surface area contributed by atoms with Crippen LogP contribution in [0.15, 0.2) is 24.3 Å². The van der Waals surface area contributed by atoms with Gasteiger partial charge in [0, 0.05) is 5.56 Å². The van der Waals surface area contributed by atoms with Crippen molar-refractivity contribution in [3.63, 3.8) is 0 Å². The van der Waals surface area contributed by atoms with Crippen LogP contribution in [-0.4, -0.2) is 26.4 Å². The van der Waals surface area contributed by atoms with Crippen LogP contribution in [0, 0.1) is 0 Å². The summed E-state index contributed by atoms with van der Waals surface area (Å²) in [5.74, 6) is -0.393. The van der Waals surface area contributed by atoms with Gasteiger partial charge in [0.2, 0.25) is 10.0 Å². The fraction of sp³-hybridized carbons (Fsp3) is 0.300. The minimum absolute atomic E-state index is 0.148. The van der Waals surface area contributed by atoms with Crippen molar-refractivity contribution in [1.29, 1.82) is 0 Å². The van der Waals surface area contributed by atoms with Crippen molar-refractivity contribution < 1.29 is 17.2 Å². The number of alkyl halides is 2. The lowest BCUT2D eigenvalue weighted by Crippen LogP contribution is -2.29. The molecule has 0 heterocycles. The first-order chi connectivity index (χ1) is 8.30. The van der Waals surface area contributed by atoms with Crippen molar-refractivity contribution in [1.82, 2.24) is 4.72 Å². The molecule has 0 spiro atoms. The van der Waals surface area contributed by atoms with E-state index in [-0.39, 0.29) is 4.99 Å². The number of sulfonamides is 1. The zero-order valence-electron chi connectivity index (χ0n) is 9.27. The number of rotatable bonds is 6. The molecule has 0 aliphatic rings. The first kappa shape index (κ1) is 14.9. The summed E-state index contributed by atoms with van der Waals surface area (Å²) in [6.45, 7) is -0.892. The van der Waals surface area contributed by atoms with Gasteiger partial charge < -0.3 is 5.73 Å². The molecule has 1 rings (SSSR count). The van der Waals surface area contributed by atoms with Gasteiger partial charge >= 0.3 is 0 Å². The summed E-state index contributed by atoms with van der Waals surface area (Å²) in [6, 6.07) is 6.32. The topological polar surface area (TPSA) is 72.2 Å². The Morgan fingerprint density at radius 3 is 2.67 bits per heavy atom. The van der Waals surface area contributed by atoms with E-state index in [1.165, 1.54) is 6.07 Å². The van der Waals surface area contributed by atoms with Crippen LogP contribution in [0.1, 0.15) is 11.1 Å². The Morgan fingerprint density at radius 2 is 2.11 bits per heavy atom. The SMILES string of the molecule is NC(=S)c1cccc(CS(=O)(=O)NCC(F)F)c1. The summed E-state index contributed by atoms with van der Waals surface area (Å²) >= 11 is 4.76. The van der Waals surface area contributed by atoms with Crippen LogP contribution >= 0.6 is 12.2 Å². The quantitative estimate of drug-likeness (QED) is 0.768. The van der Waals surface area contributed by atoms with Crippen LogP contribution < -0.4 is 10.5 Å². The standard InChI is InChI=1S/C10H12F2N2O2S2/c11-9(12)5-14-18(15,16)6-7-2-1-3-8(4-7)10(13)17/h1-4,9,14H,5-6H2,(H2,13,17). The lowest BCUT2D eigenvalue weighted by molar-refractivity contribution is 0.153. The van der Waals surface area contributed by atoms with Gasteiger partial charge in [-0.15, -0.1) is 0 Å². The Kier molecular flexibility index (Phi) is 5.12. The molecule has 0 aliphatic carbocycles. The summed E-state index contributed by atoms with van der Waals surface area (Å²) in [5, 5.41) is 0. The minimum atomic E-state index is -3.79. The average Bonchev–Trinajstić information content (AvgIpc) is 2.26. The van der Waals surface area contributed by atoms with Gasteiger partial charge in [0.05, 0.1) is 12.3 Å². The molecule has 0 bridgehead atoms. The number of hydrogen-bond donors (Lipinski definition) is 2. The molecule has 0 unspecified atom stereocenters. The number of hydrogen-bond acceptors (Lipinski definition) is 3. The summed E-state index contributed by atoms with van der Waals surface area (Å²) in [6.07, 6.45) is -2.72. The second kappa shape index (κ2) is 6.17. The molecule has 18 heavy (non-hydrogen) atoms. The second-order valence-electron chi connectivity index (χ2n) is 3.56. The highest BCUT2D eigenvalue weighted by Gasteiger charge is 2.14. The van der Waals surface area contributed by atoms with E-state index in [1.54, 1.807) is 18.2 Å². The largest absolute Gasteiger partial charge is 0.389 e. The van der Waals surface area contributed by atoms with Crippen molar-refractivity contribution in [3.05, 3.63) is 35.4 Å². The van der Waals surface area contributed by atoms with Gasteiger partial charge in [-0.25, -0.2) is 21.9 Å². The summed E-state index contributed by atoms with van der Waals surface area (Å²) in [4.78, 5) is 0.148. The van der Waals surface area contributed by atoms with E-state index in [2.05, 4.69) is 0 Å². The maximum atomic E-state index is 11.9. The Labute approximate surface area is 109 Å². The monoisotopic (exact) mass is 294 g/mol. The molecule has 0 fully saturated rings. The zero-order valence-corrected chi connectivity index (χ0v) is 10.9. The van der Waals surface area contributed by atoms with Gasteiger partial charge in [-0.3, -0.25) is 0 Å². The first-order valence-corrected chi connectivity index (χ1v) is 7.00. The molecular weight excluding hydrogens is 282 g/mol. The lowest BCUT2D eigenvalue weighted by atomic mass is 10.1. The number of thiocarbonyl (C=S) groups is 1. The molecule has 1 aromatic carbocycles. The molecule has 0 radical (unpaired) electrons. The van der Waals surface area contributed by atoms with Crippen molar-refractivity contribution in [2.45, 2.75) is 12.2 Å². The summed E-state index contributed by atoms with van der Waals surface area (Å²) in [7, 11) is -3.79. The van der Waals surface area contributed by atoms with Crippen LogP contribution in [0.4, 0.5) is 8.78 Å². The van der Waals surface area contributed by atoms with E-state index in [0.717, 1.165) is 0 Å². The molecular formula is C10H12F2N2O2S2. The zero-order chi connectivity index (χ0) is 13.8. The molecule has 8 heteroatoms. The fourth-order valence-electron chi connectivity index (χ4n) is 1.27. The van der Waals surface area contributed by atoms with Crippen molar-refractivity contribution in [2.24, 2.45) is 5.73 Å². The van der Waals surface area contributed by atoms with E-state index < -0.39 is 28.7 Å². The van der Waals surface area contributed by atoms with E-state index in [1.807, 2.05) is 4.72 Å². The smallest absolute Gasteiger partial charge is 0.251 e. The molecule has 0 aromatic heterocycles. The summed E-state index contributed by atoms with van der Waals surface area (Å²) in [5.41, 5.74) is 6.38. The molecule has 1 aromatic rings. The maximum absolute atomic E-state index is 11.9. The van der Waals surface area contributed by atoms with E-state index in [9.17, 15) is 17.2 Å². The molecule has 0 saturated heterocycles. The highest BCUT2D eigenvalue weighted by molar-refractivity contribution is 7.88. The molecule has 3 N–H and O–H groups in total. The van der Waals surface area contributed by atoms with Crippen LogP contribution in [0.2, 0.25) is 0 Å². The number of benzene rings is 1. The van der Waals surface area contributed by atoms with Gasteiger partial charge in [0.25, 0.3) is 6.43 Å². The molecule has 0 aliphatic heterocycles. The molecule has 4 nitrogen and oxygen atoms in total. The third kappa shape index (κ3) is 5.03.